The van der Waals surface area contributed by atoms with Gasteiger partial charge < -0.3 is 29.2 Å². The van der Waals surface area contributed by atoms with Crippen LogP contribution in [0.4, 0.5) is 5.82 Å². The van der Waals surface area contributed by atoms with Crippen LogP contribution in [0.1, 0.15) is 53.7 Å². The Kier molecular flexibility index (Phi) is 9.49. The number of hydrogen-bond donors (Lipinski definition) is 2. The number of anilines is 1. The number of unbranched alkanes of at least 4 members (excludes halogenated alkanes) is 1. The number of hydrogen-bond acceptors (Lipinski definition) is 11. The molecule has 6 atom stereocenters. The van der Waals surface area contributed by atoms with Gasteiger partial charge in [-0.25, -0.2) is 9.36 Å². The number of para-hydroxylation sites is 1. The normalized spacial score (nSPS) is 27.1. The third-order valence-electron chi connectivity index (χ3n) is 6.59. The minimum atomic E-state index is -4.28. The van der Waals surface area contributed by atoms with E-state index in [9.17, 15) is 14.2 Å². The Balaban J connectivity index is 1.58. The zero-order valence-corrected chi connectivity index (χ0v) is 25.2. The summed E-state index contributed by atoms with van der Waals surface area (Å²) in [6.45, 7) is 8.54. The maximum absolute atomic E-state index is 14.1. The number of fused-ring (bicyclic) bond motifs is 1. The largest absolute Gasteiger partial charge is 0.465 e. The predicted molar refractivity (Wildman–Crippen MR) is 149 cm³/mol. The SMILES string of the molecule is CCCCOC(=O)[C@H](C)NP(=O)(OC[C@H]1O[C@@H](n2ccc(N)nc2=O)[C@]2(C)OC(C)(C)O[C@H]12)Oc1ccccc1Cl. The van der Waals surface area contributed by atoms with Crippen LogP contribution < -0.4 is 21.0 Å². The van der Waals surface area contributed by atoms with Gasteiger partial charge in [0.05, 0.1) is 18.2 Å². The van der Waals surface area contributed by atoms with Crippen LogP contribution in [0.2, 0.25) is 5.02 Å². The van der Waals surface area contributed by atoms with E-state index >= 15 is 0 Å². The molecule has 0 radical (unpaired) electrons. The fraction of sp³-hybridized carbons (Fsp3) is 0.577. The summed E-state index contributed by atoms with van der Waals surface area (Å²) in [4.78, 5) is 29.0. The molecule has 13 nitrogen and oxygen atoms in total. The van der Waals surface area contributed by atoms with Crippen molar-refractivity contribution in [2.75, 3.05) is 18.9 Å². The van der Waals surface area contributed by atoms with Crippen LogP contribution in [0.5, 0.6) is 5.75 Å². The molecule has 1 unspecified atom stereocenters. The summed E-state index contributed by atoms with van der Waals surface area (Å²) in [5.74, 6) is -1.52. The van der Waals surface area contributed by atoms with E-state index in [1.54, 1.807) is 39.0 Å². The molecule has 2 aliphatic heterocycles. The molecule has 0 aliphatic carbocycles. The van der Waals surface area contributed by atoms with Crippen molar-refractivity contribution in [3.63, 3.8) is 0 Å². The minimum absolute atomic E-state index is 0.0563. The average molecular weight is 615 g/mol. The van der Waals surface area contributed by atoms with Gasteiger partial charge in [0.25, 0.3) is 0 Å². The number of rotatable bonds is 12. The second kappa shape index (κ2) is 12.4. The van der Waals surface area contributed by atoms with Gasteiger partial charge in [0.15, 0.2) is 12.0 Å². The molecular formula is C26H36ClN4O9P. The molecule has 0 bridgehead atoms. The van der Waals surface area contributed by atoms with Crippen LogP contribution in [0.15, 0.2) is 41.3 Å². The molecule has 41 heavy (non-hydrogen) atoms. The molecule has 2 aliphatic rings. The standard InChI is InChI=1S/C26H36ClN4O9P/c1-6-7-14-35-22(32)16(2)30-41(34,39-18-11-9-8-10-17(18)27)36-15-19-21-26(5,40-25(3,4)38-21)23(37-19)31-13-12-20(28)29-24(31)33/h8-13,16,19,21,23H,6-7,14-15H2,1-5H3,(H,30,34)(H2,28,29,33)/t16-,19+,21+,23+,26+,41?/m0/s1. The molecule has 0 spiro atoms. The van der Waals surface area contributed by atoms with Crippen molar-refractivity contribution in [3.8, 4) is 5.75 Å². The van der Waals surface area contributed by atoms with Gasteiger partial charge in [0, 0.05) is 6.20 Å². The molecule has 0 saturated carbocycles. The van der Waals surface area contributed by atoms with Crippen molar-refractivity contribution >= 4 is 31.1 Å². The van der Waals surface area contributed by atoms with Crippen molar-refractivity contribution < 1.29 is 37.4 Å². The lowest BCUT2D eigenvalue weighted by atomic mass is 9.96. The molecule has 3 heterocycles. The summed E-state index contributed by atoms with van der Waals surface area (Å²) >= 11 is 6.25. The van der Waals surface area contributed by atoms with Crippen LogP contribution in [0.25, 0.3) is 0 Å². The summed E-state index contributed by atoms with van der Waals surface area (Å²) < 4.78 is 50.7. The number of halogens is 1. The molecule has 15 heteroatoms. The average Bonchev–Trinajstić information content (AvgIpc) is 3.29. The van der Waals surface area contributed by atoms with Crippen LogP contribution in [-0.4, -0.2) is 58.4 Å². The van der Waals surface area contributed by atoms with E-state index in [2.05, 4.69) is 10.1 Å². The zero-order valence-electron chi connectivity index (χ0n) is 23.6. The van der Waals surface area contributed by atoms with E-state index in [0.717, 1.165) is 6.42 Å². The first kappa shape index (κ1) is 31.4. The van der Waals surface area contributed by atoms with E-state index in [1.807, 2.05) is 6.92 Å². The van der Waals surface area contributed by atoms with E-state index < -0.39 is 55.3 Å². The van der Waals surface area contributed by atoms with Gasteiger partial charge in [0.1, 0.15) is 35.4 Å². The van der Waals surface area contributed by atoms with Gasteiger partial charge in [0.2, 0.25) is 0 Å². The number of carbonyl (C=O) groups excluding carboxylic acids is 1. The Morgan fingerprint density at radius 1 is 1.29 bits per heavy atom. The molecular weight excluding hydrogens is 579 g/mol. The summed E-state index contributed by atoms with van der Waals surface area (Å²) in [6.07, 6.45) is 0.371. The highest BCUT2D eigenvalue weighted by atomic mass is 35.5. The second-order valence-corrected chi connectivity index (χ2v) is 12.6. The molecule has 4 rings (SSSR count). The number of carbonyl (C=O) groups is 1. The fourth-order valence-electron chi connectivity index (χ4n) is 4.76. The molecule has 1 aromatic heterocycles. The molecule has 2 fully saturated rings. The highest BCUT2D eigenvalue weighted by Crippen LogP contribution is 2.53. The smallest absolute Gasteiger partial charge is 0.459 e. The van der Waals surface area contributed by atoms with Crippen LogP contribution in [-0.2, 0) is 32.8 Å². The second-order valence-electron chi connectivity index (χ2n) is 10.5. The van der Waals surface area contributed by atoms with E-state index in [1.165, 1.54) is 29.8 Å². The number of nitrogens with two attached hydrogens (primary N) is 1. The lowest BCUT2D eigenvalue weighted by Crippen LogP contribution is -2.45. The maximum atomic E-state index is 14.1. The van der Waals surface area contributed by atoms with E-state index in [0.29, 0.717) is 6.42 Å². The van der Waals surface area contributed by atoms with Crippen molar-refractivity contribution in [1.29, 1.82) is 0 Å². The van der Waals surface area contributed by atoms with Gasteiger partial charge >= 0.3 is 19.4 Å². The molecule has 1 aromatic carbocycles. The lowest BCUT2D eigenvalue weighted by molar-refractivity contribution is -0.217. The Hall–Kier alpha value is -2.51. The lowest BCUT2D eigenvalue weighted by Gasteiger charge is -2.30. The Morgan fingerprint density at radius 2 is 2.02 bits per heavy atom. The van der Waals surface area contributed by atoms with Gasteiger partial charge in [-0.2, -0.15) is 10.1 Å². The minimum Gasteiger partial charge on any atom is -0.465 e. The first-order valence-electron chi connectivity index (χ1n) is 13.3. The van der Waals surface area contributed by atoms with Crippen molar-refractivity contribution in [1.82, 2.24) is 14.6 Å². The Bertz CT molecular complexity index is 1360. The van der Waals surface area contributed by atoms with Gasteiger partial charge in [-0.3, -0.25) is 13.9 Å². The number of esters is 1. The third kappa shape index (κ3) is 7.11. The number of nitrogens with one attached hydrogen (secondary N) is 1. The van der Waals surface area contributed by atoms with Crippen LogP contribution >= 0.6 is 19.3 Å². The highest BCUT2D eigenvalue weighted by molar-refractivity contribution is 7.52. The van der Waals surface area contributed by atoms with E-state index in [-0.39, 0.29) is 29.8 Å². The molecule has 3 N–H and O–H groups in total. The first-order chi connectivity index (χ1) is 19.3. The zero-order chi connectivity index (χ0) is 30.0. The maximum Gasteiger partial charge on any atom is 0.459 e. The molecule has 2 aromatic rings. The highest BCUT2D eigenvalue weighted by Gasteiger charge is 2.64. The van der Waals surface area contributed by atoms with E-state index in [4.69, 9.17) is 45.3 Å². The molecule has 2 saturated heterocycles. The number of nitrogens with zero attached hydrogens (tertiary/aromatic N) is 2. The summed E-state index contributed by atoms with van der Waals surface area (Å²) in [5.41, 5.74) is 3.87. The summed E-state index contributed by atoms with van der Waals surface area (Å²) in [5, 5.41) is 2.82. The summed E-state index contributed by atoms with van der Waals surface area (Å²) in [6, 6.07) is 6.82. The summed E-state index contributed by atoms with van der Waals surface area (Å²) in [7, 11) is -4.28. The topological polar surface area (TPSA) is 162 Å². The molecule has 0 amide bonds. The third-order valence-corrected chi connectivity index (χ3v) is 8.53. The van der Waals surface area contributed by atoms with Crippen LogP contribution in [0.3, 0.4) is 0 Å². The Labute approximate surface area is 243 Å². The monoisotopic (exact) mass is 614 g/mol. The number of benzene rings is 1. The number of ether oxygens (including phenoxy) is 4. The van der Waals surface area contributed by atoms with Crippen LogP contribution in [0, 0.1) is 0 Å². The van der Waals surface area contributed by atoms with Gasteiger partial charge in [-0.15, -0.1) is 0 Å². The quantitative estimate of drug-likeness (QED) is 0.202. The van der Waals surface area contributed by atoms with Crippen molar-refractivity contribution in [3.05, 3.63) is 52.0 Å². The predicted octanol–water partition coefficient (Wildman–Crippen LogP) is 3.81. The Morgan fingerprint density at radius 3 is 2.71 bits per heavy atom. The van der Waals surface area contributed by atoms with Gasteiger partial charge in [-0.1, -0.05) is 37.1 Å². The first-order valence-corrected chi connectivity index (χ1v) is 15.2. The van der Waals surface area contributed by atoms with Gasteiger partial charge in [-0.05, 0) is 52.3 Å². The molecule has 226 valence electrons. The fourth-order valence-corrected chi connectivity index (χ4v) is 6.51. The van der Waals surface area contributed by atoms with Crippen molar-refractivity contribution in [2.24, 2.45) is 0 Å². The van der Waals surface area contributed by atoms with Crippen molar-refractivity contribution in [2.45, 2.75) is 83.3 Å². The number of aromatic nitrogens is 2. The number of nitrogen functional groups attached to an aromatic ring is 1.